The number of esters is 1. The molecule has 184 valence electrons. The second kappa shape index (κ2) is 9.23. The molecule has 0 aromatic carbocycles. The van der Waals surface area contributed by atoms with Gasteiger partial charge in [0.1, 0.15) is 6.10 Å². The van der Waals surface area contributed by atoms with Crippen molar-refractivity contribution in [2.24, 2.45) is 52.3 Å². The fourth-order valence-corrected chi connectivity index (χ4v) is 9.55. The Bertz CT molecular complexity index is 673. The third-order valence-corrected chi connectivity index (χ3v) is 11.2. The number of rotatable bonds is 6. The lowest BCUT2D eigenvalue weighted by atomic mass is 9.43. The molecule has 32 heavy (non-hydrogen) atoms. The minimum Gasteiger partial charge on any atom is -0.463 e. The predicted molar refractivity (Wildman–Crippen MR) is 130 cm³/mol. The zero-order chi connectivity index (χ0) is 23.3. The number of carbonyl (C=O) groups is 1. The summed E-state index contributed by atoms with van der Waals surface area (Å²) >= 11 is 0. The summed E-state index contributed by atoms with van der Waals surface area (Å²) in [5.74, 6) is 4.61. The van der Waals surface area contributed by atoms with Crippen molar-refractivity contribution in [2.75, 3.05) is 0 Å². The lowest BCUT2D eigenvalue weighted by Gasteiger charge is -2.62. The molecule has 0 aromatic rings. The van der Waals surface area contributed by atoms with E-state index in [9.17, 15) is 9.90 Å². The Morgan fingerprint density at radius 1 is 0.969 bits per heavy atom. The molecule has 0 aliphatic heterocycles. The maximum Gasteiger partial charge on any atom is 0.302 e. The molecule has 4 fully saturated rings. The van der Waals surface area contributed by atoms with Crippen molar-refractivity contribution in [1.29, 1.82) is 0 Å². The summed E-state index contributed by atoms with van der Waals surface area (Å²) in [4.78, 5) is 11.5. The van der Waals surface area contributed by atoms with E-state index in [1.165, 1.54) is 51.9 Å². The Kier molecular flexibility index (Phi) is 7.08. The molecule has 0 amide bonds. The van der Waals surface area contributed by atoms with Crippen LogP contribution in [0.5, 0.6) is 0 Å². The fourth-order valence-electron chi connectivity index (χ4n) is 9.55. The van der Waals surface area contributed by atoms with Gasteiger partial charge in [0.15, 0.2) is 0 Å². The summed E-state index contributed by atoms with van der Waals surface area (Å²) in [5, 5.41) is 11.5. The molecular weight excluding hydrogens is 396 g/mol. The second-order valence-electron chi connectivity index (χ2n) is 13.3. The maximum absolute atomic E-state index is 11.5. The minimum atomic E-state index is -0.172. The van der Waals surface area contributed by atoms with Crippen LogP contribution in [-0.4, -0.2) is 23.3 Å². The summed E-state index contributed by atoms with van der Waals surface area (Å²) in [7, 11) is 0. The minimum absolute atomic E-state index is 0.0609. The van der Waals surface area contributed by atoms with E-state index < -0.39 is 0 Å². The van der Waals surface area contributed by atoms with E-state index >= 15 is 0 Å². The van der Waals surface area contributed by atoms with E-state index in [1.807, 2.05) is 0 Å². The average molecular weight is 447 g/mol. The maximum atomic E-state index is 11.5. The van der Waals surface area contributed by atoms with Crippen molar-refractivity contribution in [3.05, 3.63) is 0 Å². The Labute approximate surface area is 197 Å². The van der Waals surface area contributed by atoms with Gasteiger partial charge in [0.25, 0.3) is 0 Å². The molecule has 0 spiro atoms. The Morgan fingerprint density at radius 2 is 1.66 bits per heavy atom. The summed E-state index contributed by atoms with van der Waals surface area (Å²) in [6, 6.07) is 0. The van der Waals surface area contributed by atoms with E-state index in [4.69, 9.17) is 4.74 Å². The summed E-state index contributed by atoms with van der Waals surface area (Å²) in [6.07, 6.45) is 13.3. The normalized spacial score (nSPS) is 46.8. The second-order valence-corrected chi connectivity index (χ2v) is 13.3. The SMILES string of the molecule is CC(=O)O[C@H]1CC[C@@]2(C)[C@H](C1)C[C@@H](O)[C@H]1[C@H]2CC[C@@]2(C)[C@@H]1CC[C@H]2[C@H](C)CCCC(C)C. The molecule has 4 rings (SSSR count). The molecule has 4 aliphatic rings. The van der Waals surface area contributed by atoms with Gasteiger partial charge in [0, 0.05) is 6.92 Å². The first-order chi connectivity index (χ1) is 15.1. The molecule has 4 saturated carbocycles. The van der Waals surface area contributed by atoms with Crippen LogP contribution in [0, 0.1) is 52.3 Å². The van der Waals surface area contributed by atoms with Gasteiger partial charge in [-0.2, -0.15) is 0 Å². The van der Waals surface area contributed by atoms with Gasteiger partial charge >= 0.3 is 5.97 Å². The first-order valence-electron chi connectivity index (χ1n) is 13.9. The summed E-state index contributed by atoms with van der Waals surface area (Å²) in [5.41, 5.74) is 0.723. The highest BCUT2D eigenvalue weighted by molar-refractivity contribution is 5.66. The number of carbonyl (C=O) groups excluding carboxylic acids is 1. The third-order valence-electron chi connectivity index (χ3n) is 11.2. The van der Waals surface area contributed by atoms with Crippen molar-refractivity contribution in [1.82, 2.24) is 0 Å². The Hall–Kier alpha value is -0.570. The summed E-state index contributed by atoms with van der Waals surface area (Å²) < 4.78 is 5.61. The van der Waals surface area contributed by atoms with E-state index in [2.05, 4.69) is 34.6 Å². The van der Waals surface area contributed by atoms with E-state index in [-0.39, 0.29) is 18.2 Å². The molecule has 10 atom stereocenters. The van der Waals surface area contributed by atoms with E-state index in [0.717, 1.165) is 43.4 Å². The Morgan fingerprint density at radius 3 is 2.34 bits per heavy atom. The standard InChI is InChI=1S/C29H50O3/c1-18(2)8-7-9-19(3)23-10-11-24-27-25(13-15-29(23,24)6)28(5)14-12-22(32-20(4)30)16-21(28)17-26(27)31/h18-19,21-27,31H,7-17H2,1-6H3/t19-,21-,22+,23+,24-,25-,26-,27-,28+,29-/m1/s1. The zero-order valence-electron chi connectivity index (χ0n) is 21.7. The van der Waals surface area contributed by atoms with Crippen molar-refractivity contribution in [3.8, 4) is 0 Å². The van der Waals surface area contributed by atoms with Gasteiger partial charge in [-0.05, 0) is 104 Å². The highest BCUT2D eigenvalue weighted by atomic mass is 16.5. The Balaban J connectivity index is 1.48. The summed E-state index contributed by atoms with van der Waals surface area (Å²) in [6.45, 7) is 13.9. The van der Waals surface area contributed by atoms with Gasteiger partial charge in [-0.15, -0.1) is 0 Å². The largest absolute Gasteiger partial charge is 0.463 e. The lowest BCUT2D eigenvalue weighted by molar-refractivity contribution is -0.182. The highest BCUT2D eigenvalue weighted by Crippen LogP contribution is 2.68. The number of aliphatic hydroxyl groups is 1. The smallest absolute Gasteiger partial charge is 0.302 e. The van der Waals surface area contributed by atoms with Crippen LogP contribution in [0.15, 0.2) is 0 Å². The van der Waals surface area contributed by atoms with Gasteiger partial charge < -0.3 is 9.84 Å². The number of ether oxygens (including phenoxy) is 1. The molecule has 1 N–H and O–H groups in total. The van der Waals surface area contributed by atoms with Gasteiger partial charge in [-0.1, -0.05) is 53.9 Å². The van der Waals surface area contributed by atoms with Crippen LogP contribution in [-0.2, 0) is 9.53 Å². The molecular formula is C29H50O3. The first-order valence-corrected chi connectivity index (χ1v) is 13.9. The topological polar surface area (TPSA) is 46.5 Å². The molecule has 4 aliphatic carbocycles. The monoisotopic (exact) mass is 446 g/mol. The lowest BCUT2D eigenvalue weighted by Crippen LogP contribution is -2.58. The van der Waals surface area contributed by atoms with Crippen LogP contribution in [0.1, 0.15) is 112 Å². The van der Waals surface area contributed by atoms with Crippen LogP contribution in [0.2, 0.25) is 0 Å². The van der Waals surface area contributed by atoms with Gasteiger partial charge in [-0.25, -0.2) is 0 Å². The van der Waals surface area contributed by atoms with Gasteiger partial charge in [0.05, 0.1) is 6.10 Å². The molecule has 0 unspecified atom stereocenters. The predicted octanol–water partition coefficient (Wildman–Crippen LogP) is 7.01. The third kappa shape index (κ3) is 4.29. The molecule has 0 saturated heterocycles. The van der Waals surface area contributed by atoms with Crippen LogP contribution in [0.3, 0.4) is 0 Å². The number of hydrogen-bond acceptors (Lipinski definition) is 3. The quantitative estimate of drug-likeness (QED) is 0.446. The molecule has 0 aromatic heterocycles. The van der Waals surface area contributed by atoms with Crippen LogP contribution >= 0.6 is 0 Å². The molecule has 0 bridgehead atoms. The van der Waals surface area contributed by atoms with Crippen molar-refractivity contribution in [3.63, 3.8) is 0 Å². The first kappa shape index (κ1) is 24.6. The highest BCUT2D eigenvalue weighted by Gasteiger charge is 2.63. The average Bonchev–Trinajstić information content (AvgIpc) is 3.05. The van der Waals surface area contributed by atoms with Crippen molar-refractivity contribution >= 4 is 5.97 Å². The van der Waals surface area contributed by atoms with Crippen LogP contribution in [0.4, 0.5) is 0 Å². The number of aliphatic hydroxyl groups excluding tert-OH is 1. The van der Waals surface area contributed by atoms with Crippen molar-refractivity contribution < 1.29 is 14.6 Å². The van der Waals surface area contributed by atoms with Gasteiger partial charge in [-0.3, -0.25) is 4.79 Å². The molecule has 3 nitrogen and oxygen atoms in total. The van der Waals surface area contributed by atoms with Crippen LogP contribution < -0.4 is 0 Å². The van der Waals surface area contributed by atoms with Crippen molar-refractivity contribution in [2.45, 2.75) is 124 Å². The van der Waals surface area contributed by atoms with E-state index in [0.29, 0.717) is 34.5 Å². The fraction of sp³-hybridized carbons (Fsp3) is 0.966. The number of hydrogen-bond donors (Lipinski definition) is 1. The number of fused-ring (bicyclic) bond motifs is 5. The van der Waals surface area contributed by atoms with Crippen LogP contribution in [0.25, 0.3) is 0 Å². The van der Waals surface area contributed by atoms with E-state index in [1.54, 1.807) is 0 Å². The molecule has 0 heterocycles. The molecule has 3 heteroatoms. The molecule has 0 radical (unpaired) electrons. The zero-order valence-corrected chi connectivity index (χ0v) is 21.7. The van der Waals surface area contributed by atoms with Gasteiger partial charge in [0.2, 0.25) is 0 Å².